The van der Waals surface area contributed by atoms with Gasteiger partial charge >= 0.3 is 0 Å². The number of carbonyl (C=O) groups excluding carboxylic acids is 1. The van der Waals surface area contributed by atoms with Gasteiger partial charge in [0.15, 0.2) is 5.78 Å². The number of carbonyl (C=O) groups is 1. The molecule has 1 heterocycles. The summed E-state index contributed by atoms with van der Waals surface area (Å²) in [6.07, 6.45) is 3.46. The molecule has 2 aromatic rings. The van der Waals surface area contributed by atoms with Gasteiger partial charge in [-0.1, -0.05) is 51.1 Å². The van der Waals surface area contributed by atoms with Gasteiger partial charge in [0.25, 0.3) is 0 Å². The van der Waals surface area contributed by atoms with Gasteiger partial charge in [0.2, 0.25) is 0 Å². The molecule has 0 unspecified atom stereocenters. The number of Topliss-reactive ketones (excluding diaryl/α,β-unsaturated/α-hetero) is 1. The predicted octanol–water partition coefficient (Wildman–Crippen LogP) is 4.35. The minimum Gasteiger partial charge on any atom is -0.515 e. The maximum Gasteiger partial charge on any atom is 0.167 e. The molecule has 0 saturated heterocycles. The van der Waals surface area contributed by atoms with Crippen LogP contribution in [0.3, 0.4) is 0 Å². The van der Waals surface area contributed by atoms with E-state index in [9.17, 15) is 9.90 Å². The topological polar surface area (TPSA) is 55.1 Å². The molecule has 4 nitrogen and oxygen atoms in total. The summed E-state index contributed by atoms with van der Waals surface area (Å²) in [5.74, 6) is 0.294. The quantitative estimate of drug-likeness (QED) is 0.614. The summed E-state index contributed by atoms with van der Waals surface area (Å²) in [6.45, 7) is 6.26. The lowest BCUT2D eigenvalue weighted by atomic mass is 9.50. The van der Waals surface area contributed by atoms with E-state index >= 15 is 0 Å². The fourth-order valence-electron chi connectivity index (χ4n) is 5.51. The molecule has 1 saturated carbocycles. The Morgan fingerprint density at radius 2 is 1.92 bits per heavy atom. The monoisotopic (exact) mass is 350 g/mol. The fraction of sp³-hybridized carbons (Fsp3) is 0.455. The number of allylic oxidation sites excluding steroid dienone is 1. The number of rotatable bonds is 1. The van der Waals surface area contributed by atoms with Crippen LogP contribution in [-0.2, 0) is 23.7 Å². The van der Waals surface area contributed by atoms with E-state index in [0.29, 0.717) is 12.0 Å². The zero-order chi connectivity index (χ0) is 18.7. The normalized spacial score (nSPS) is 28.7. The van der Waals surface area contributed by atoms with E-state index in [2.05, 4.69) is 31.2 Å². The van der Waals surface area contributed by atoms with Crippen molar-refractivity contribution >= 4 is 5.78 Å². The first-order valence-corrected chi connectivity index (χ1v) is 9.30. The Balaban J connectivity index is 1.91. The number of aliphatic hydroxyl groups is 1. The smallest absolute Gasteiger partial charge is 0.167 e. The van der Waals surface area contributed by atoms with Crippen LogP contribution < -0.4 is 0 Å². The van der Waals surface area contributed by atoms with E-state index in [4.69, 9.17) is 5.10 Å². The van der Waals surface area contributed by atoms with Crippen molar-refractivity contribution in [2.24, 2.45) is 18.4 Å². The van der Waals surface area contributed by atoms with Crippen molar-refractivity contribution in [3.63, 3.8) is 0 Å². The van der Waals surface area contributed by atoms with Crippen molar-refractivity contribution in [3.8, 4) is 11.3 Å². The van der Waals surface area contributed by atoms with Crippen LogP contribution in [0.4, 0.5) is 0 Å². The molecule has 2 aliphatic rings. The van der Waals surface area contributed by atoms with Crippen LogP contribution in [0.1, 0.15) is 44.9 Å². The Kier molecular flexibility index (Phi) is 3.66. The van der Waals surface area contributed by atoms with Crippen LogP contribution in [0.25, 0.3) is 11.3 Å². The van der Waals surface area contributed by atoms with Gasteiger partial charge in [0.1, 0.15) is 0 Å². The third-order valence-corrected chi connectivity index (χ3v) is 6.65. The summed E-state index contributed by atoms with van der Waals surface area (Å²) in [6, 6.07) is 10.4. The number of aromatic nitrogens is 2. The van der Waals surface area contributed by atoms with Crippen LogP contribution in [0.5, 0.6) is 0 Å². The number of ketones is 1. The van der Waals surface area contributed by atoms with Gasteiger partial charge in [-0.15, -0.1) is 0 Å². The van der Waals surface area contributed by atoms with Gasteiger partial charge in [-0.2, -0.15) is 5.10 Å². The summed E-state index contributed by atoms with van der Waals surface area (Å²) < 4.78 is 1.99. The first kappa shape index (κ1) is 17.1. The second-order valence-corrected chi connectivity index (χ2v) is 8.56. The van der Waals surface area contributed by atoms with E-state index in [1.807, 2.05) is 31.6 Å². The van der Waals surface area contributed by atoms with Gasteiger partial charge in [0, 0.05) is 34.6 Å². The van der Waals surface area contributed by atoms with Crippen LogP contribution >= 0.6 is 0 Å². The second kappa shape index (κ2) is 5.57. The van der Waals surface area contributed by atoms with Gasteiger partial charge < -0.3 is 5.11 Å². The predicted molar refractivity (Wildman–Crippen MR) is 102 cm³/mol. The Labute approximate surface area is 154 Å². The first-order chi connectivity index (χ1) is 12.3. The van der Waals surface area contributed by atoms with E-state index < -0.39 is 5.41 Å². The highest BCUT2D eigenvalue weighted by atomic mass is 16.2. The molecule has 0 aliphatic heterocycles. The second-order valence-electron chi connectivity index (χ2n) is 8.56. The SMILES string of the molecule is Cn1nc2c(c1-c1ccccc1)CC[C@H]1C(C)(C)C(=O)/C(=C\O)C[C@]21C. The number of benzene rings is 1. The maximum atomic E-state index is 12.8. The third-order valence-electron chi connectivity index (χ3n) is 6.65. The van der Waals surface area contributed by atoms with Crippen LogP contribution in [-0.4, -0.2) is 20.7 Å². The number of hydrogen-bond donors (Lipinski definition) is 1. The van der Waals surface area contributed by atoms with Crippen molar-refractivity contribution in [3.05, 3.63) is 53.4 Å². The van der Waals surface area contributed by atoms with Crippen molar-refractivity contribution < 1.29 is 9.90 Å². The standard InChI is InChI=1S/C22H26N2O2/c1-21(2)17-11-10-16-18(14-8-6-5-7-9-14)24(4)23-19(16)22(17,3)12-15(13-25)20(21)26/h5-9,13,17,25H,10-12H2,1-4H3/b15-13-/t17-,22-/m0/s1. The molecule has 0 spiro atoms. The molecule has 1 N–H and O–H groups in total. The summed E-state index contributed by atoms with van der Waals surface area (Å²) in [5, 5.41) is 14.6. The molecule has 1 aromatic heterocycles. The van der Waals surface area contributed by atoms with Gasteiger partial charge in [-0.05, 0) is 25.2 Å². The van der Waals surface area contributed by atoms with E-state index in [1.54, 1.807) is 0 Å². The minimum atomic E-state index is -0.496. The average molecular weight is 350 g/mol. The van der Waals surface area contributed by atoms with Crippen molar-refractivity contribution in [2.75, 3.05) is 0 Å². The fourth-order valence-corrected chi connectivity index (χ4v) is 5.51. The van der Waals surface area contributed by atoms with Gasteiger partial charge in [-0.3, -0.25) is 9.48 Å². The zero-order valence-electron chi connectivity index (χ0n) is 15.9. The molecular weight excluding hydrogens is 324 g/mol. The molecule has 2 atom stereocenters. The first-order valence-electron chi connectivity index (χ1n) is 9.30. The Morgan fingerprint density at radius 1 is 1.23 bits per heavy atom. The third kappa shape index (κ3) is 2.14. The molecule has 4 heteroatoms. The lowest BCUT2D eigenvalue weighted by molar-refractivity contribution is -0.131. The number of nitrogens with zero attached hydrogens (tertiary/aromatic N) is 2. The highest BCUT2D eigenvalue weighted by molar-refractivity contribution is 6.01. The minimum absolute atomic E-state index is 0.0742. The molecule has 4 rings (SSSR count). The van der Waals surface area contributed by atoms with Crippen LogP contribution in [0.2, 0.25) is 0 Å². The molecular formula is C22H26N2O2. The van der Waals surface area contributed by atoms with Crippen molar-refractivity contribution in [1.82, 2.24) is 9.78 Å². The number of aryl methyl sites for hydroxylation is 1. The van der Waals surface area contributed by atoms with Crippen LogP contribution in [0.15, 0.2) is 42.2 Å². The molecule has 0 amide bonds. The lowest BCUT2D eigenvalue weighted by Crippen LogP contribution is -2.53. The Morgan fingerprint density at radius 3 is 2.58 bits per heavy atom. The van der Waals surface area contributed by atoms with Gasteiger partial charge in [0.05, 0.1) is 17.6 Å². The Bertz CT molecular complexity index is 908. The summed E-state index contributed by atoms with van der Waals surface area (Å²) in [5.41, 5.74) is 4.51. The summed E-state index contributed by atoms with van der Waals surface area (Å²) >= 11 is 0. The molecule has 2 aliphatic carbocycles. The number of fused-ring (bicyclic) bond motifs is 3. The Hall–Kier alpha value is -2.36. The summed E-state index contributed by atoms with van der Waals surface area (Å²) in [7, 11) is 2.00. The van der Waals surface area contributed by atoms with E-state index in [1.165, 1.54) is 16.8 Å². The highest BCUT2D eigenvalue weighted by Crippen LogP contribution is 2.57. The lowest BCUT2D eigenvalue weighted by Gasteiger charge is -2.52. The molecule has 0 bridgehead atoms. The van der Waals surface area contributed by atoms with Crippen LogP contribution in [0, 0.1) is 11.3 Å². The summed E-state index contributed by atoms with van der Waals surface area (Å²) in [4.78, 5) is 12.8. The van der Waals surface area contributed by atoms with Crippen molar-refractivity contribution in [1.29, 1.82) is 0 Å². The molecule has 136 valence electrons. The van der Waals surface area contributed by atoms with E-state index in [0.717, 1.165) is 24.8 Å². The molecule has 1 fully saturated rings. The number of aliphatic hydroxyl groups excluding tert-OH is 1. The van der Waals surface area contributed by atoms with Crippen molar-refractivity contribution in [2.45, 2.75) is 45.4 Å². The maximum absolute atomic E-state index is 12.8. The molecule has 1 aromatic carbocycles. The highest BCUT2D eigenvalue weighted by Gasteiger charge is 2.57. The number of hydrogen-bond acceptors (Lipinski definition) is 3. The van der Waals surface area contributed by atoms with E-state index in [-0.39, 0.29) is 17.1 Å². The molecule has 0 radical (unpaired) electrons. The van der Waals surface area contributed by atoms with Gasteiger partial charge in [-0.25, -0.2) is 0 Å². The average Bonchev–Trinajstić information content (AvgIpc) is 2.96. The zero-order valence-corrected chi connectivity index (χ0v) is 15.9. The largest absolute Gasteiger partial charge is 0.515 e. The molecule has 26 heavy (non-hydrogen) atoms.